The highest BCUT2D eigenvalue weighted by atomic mass is 14.2. The predicted octanol–water partition coefficient (Wildman–Crippen LogP) is 7.72. The number of hydrogen-bond donors (Lipinski definition) is 0. The zero-order valence-electron chi connectivity index (χ0n) is 18.4. The Morgan fingerprint density at radius 2 is 0.967 bits per heavy atom. The SMILES string of the molecule is C=C1CCC(Cc2ccc(Cc3ccc(Cc4ccc(CC)cc4)cc3)cc2)CC1. The van der Waals surface area contributed by atoms with Crippen molar-refractivity contribution in [2.45, 2.75) is 58.3 Å². The summed E-state index contributed by atoms with van der Waals surface area (Å²) < 4.78 is 0. The topological polar surface area (TPSA) is 0 Å². The van der Waals surface area contributed by atoms with Crippen LogP contribution in [0.1, 0.15) is 66.0 Å². The Hall–Kier alpha value is -2.60. The number of benzene rings is 3. The molecule has 0 amide bonds. The maximum atomic E-state index is 4.14. The first kappa shape index (κ1) is 20.7. The van der Waals surface area contributed by atoms with Crippen molar-refractivity contribution >= 4 is 0 Å². The van der Waals surface area contributed by atoms with E-state index in [1.54, 1.807) is 0 Å². The fraction of sp³-hybridized carbons (Fsp3) is 0.333. The molecule has 1 fully saturated rings. The summed E-state index contributed by atoms with van der Waals surface area (Å²) in [7, 11) is 0. The van der Waals surface area contributed by atoms with Gasteiger partial charge in [-0.3, -0.25) is 0 Å². The molecule has 0 saturated heterocycles. The Labute approximate surface area is 182 Å². The van der Waals surface area contributed by atoms with E-state index in [-0.39, 0.29) is 0 Å². The molecule has 3 aromatic rings. The minimum absolute atomic E-state index is 0.840. The van der Waals surface area contributed by atoms with Crippen molar-refractivity contribution in [3.63, 3.8) is 0 Å². The van der Waals surface area contributed by atoms with Crippen molar-refractivity contribution in [3.8, 4) is 0 Å². The van der Waals surface area contributed by atoms with E-state index in [9.17, 15) is 0 Å². The highest BCUT2D eigenvalue weighted by Crippen LogP contribution is 2.29. The van der Waals surface area contributed by atoms with Crippen LogP contribution >= 0.6 is 0 Å². The van der Waals surface area contributed by atoms with Gasteiger partial charge in [-0.1, -0.05) is 91.9 Å². The summed E-state index contributed by atoms with van der Waals surface area (Å²) in [6.45, 7) is 6.34. The molecule has 1 aliphatic carbocycles. The third-order valence-electron chi connectivity index (χ3n) is 6.63. The Kier molecular flexibility index (Phi) is 6.84. The van der Waals surface area contributed by atoms with Crippen LogP contribution in [0.25, 0.3) is 0 Å². The molecular weight excluding hydrogens is 360 g/mol. The van der Waals surface area contributed by atoms with Crippen LogP contribution in [-0.4, -0.2) is 0 Å². The van der Waals surface area contributed by atoms with E-state index in [4.69, 9.17) is 0 Å². The van der Waals surface area contributed by atoms with E-state index in [1.165, 1.54) is 71.1 Å². The van der Waals surface area contributed by atoms with Gasteiger partial charge in [-0.25, -0.2) is 0 Å². The molecule has 154 valence electrons. The zero-order valence-corrected chi connectivity index (χ0v) is 18.4. The maximum Gasteiger partial charge on any atom is -0.00258 e. The van der Waals surface area contributed by atoms with E-state index >= 15 is 0 Å². The first-order valence-electron chi connectivity index (χ1n) is 11.6. The molecular formula is C30H34. The lowest BCUT2D eigenvalue weighted by Gasteiger charge is -2.23. The quantitative estimate of drug-likeness (QED) is 0.360. The monoisotopic (exact) mass is 394 g/mol. The number of rotatable bonds is 7. The first-order chi connectivity index (χ1) is 14.7. The number of allylic oxidation sites excluding steroid dienone is 1. The smallest absolute Gasteiger partial charge is 0.00258 e. The van der Waals surface area contributed by atoms with Crippen LogP contribution in [0.4, 0.5) is 0 Å². The third-order valence-corrected chi connectivity index (χ3v) is 6.63. The van der Waals surface area contributed by atoms with Crippen LogP contribution in [0.15, 0.2) is 84.9 Å². The lowest BCUT2D eigenvalue weighted by Crippen LogP contribution is -2.10. The summed E-state index contributed by atoms with van der Waals surface area (Å²) >= 11 is 0. The van der Waals surface area contributed by atoms with E-state index in [0.717, 1.165) is 25.2 Å². The van der Waals surface area contributed by atoms with Gasteiger partial charge in [-0.05, 0) is 90.7 Å². The third kappa shape index (κ3) is 5.72. The van der Waals surface area contributed by atoms with Crippen molar-refractivity contribution < 1.29 is 0 Å². The van der Waals surface area contributed by atoms with Crippen LogP contribution in [-0.2, 0) is 25.7 Å². The van der Waals surface area contributed by atoms with Crippen LogP contribution in [0.2, 0.25) is 0 Å². The molecule has 0 radical (unpaired) electrons. The summed E-state index contributed by atoms with van der Waals surface area (Å²) in [5.74, 6) is 0.840. The van der Waals surface area contributed by atoms with Gasteiger partial charge in [-0.2, -0.15) is 0 Å². The molecule has 4 rings (SSSR count). The molecule has 1 aliphatic rings. The predicted molar refractivity (Wildman–Crippen MR) is 129 cm³/mol. The van der Waals surface area contributed by atoms with Gasteiger partial charge in [0.2, 0.25) is 0 Å². The largest absolute Gasteiger partial charge is 0.0999 e. The van der Waals surface area contributed by atoms with Crippen LogP contribution < -0.4 is 0 Å². The second kappa shape index (κ2) is 9.94. The maximum absolute atomic E-state index is 4.14. The molecule has 0 nitrogen and oxygen atoms in total. The Morgan fingerprint density at radius 3 is 1.37 bits per heavy atom. The van der Waals surface area contributed by atoms with Crippen LogP contribution in [0.5, 0.6) is 0 Å². The second-order valence-corrected chi connectivity index (χ2v) is 9.05. The molecule has 0 unspecified atom stereocenters. The van der Waals surface area contributed by atoms with E-state index < -0.39 is 0 Å². The zero-order chi connectivity index (χ0) is 20.8. The average molecular weight is 395 g/mol. The molecule has 0 N–H and O–H groups in total. The molecule has 0 heteroatoms. The minimum Gasteiger partial charge on any atom is -0.0999 e. The van der Waals surface area contributed by atoms with Crippen LogP contribution in [0.3, 0.4) is 0 Å². The lowest BCUT2D eigenvalue weighted by atomic mass is 9.83. The van der Waals surface area contributed by atoms with Gasteiger partial charge >= 0.3 is 0 Å². The van der Waals surface area contributed by atoms with Gasteiger partial charge in [-0.15, -0.1) is 0 Å². The van der Waals surface area contributed by atoms with E-state index in [2.05, 4.69) is 86.3 Å². The highest BCUT2D eigenvalue weighted by Gasteiger charge is 2.15. The number of aryl methyl sites for hydroxylation is 1. The summed E-state index contributed by atoms with van der Waals surface area (Å²) in [5, 5.41) is 0. The summed E-state index contributed by atoms with van der Waals surface area (Å²) in [5.41, 5.74) is 9.90. The molecule has 0 heterocycles. The van der Waals surface area contributed by atoms with Crippen LogP contribution in [0, 0.1) is 5.92 Å². The Balaban J connectivity index is 1.31. The van der Waals surface area contributed by atoms with E-state index in [1.807, 2.05) is 0 Å². The van der Waals surface area contributed by atoms with Crippen molar-refractivity contribution in [1.29, 1.82) is 0 Å². The molecule has 0 atom stereocenters. The van der Waals surface area contributed by atoms with Gasteiger partial charge in [0.15, 0.2) is 0 Å². The highest BCUT2D eigenvalue weighted by molar-refractivity contribution is 5.33. The van der Waals surface area contributed by atoms with E-state index in [0.29, 0.717) is 0 Å². The van der Waals surface area contributed by atoms with Gasteiger partial charge < -0.3 is 0 Å². The normalized spacial score (nSPS) is 14.8. The molecule has 0 aromatic heterocycles. The molecule has 3 aromatic carbocycles. The fourth-order valence-corrected chi connectivity index (χ4v) is 4.56. The molecule has 0 spiro atoms. The lowest BCUT2D eigenvalue weighted by molar-refractivity contribution is 0.408. The van der Waals surface area contributed by atoms with Crippen molar-refractivity contribution in [3.05, 3.63) is 118 Å². The fourth-order valence-electron chi connectivity index (χ4n) is 4.56. The minimum atomic E-state index is 0.840. The van der Waals surface area contributed by atoms with Crippen molar-refractivity contribution in [2.24, 2.45) is 5.92 Å². The summed E-state index contributed by atoms with van der Waals surface area (Å²) in [4.78, 5) is 0. The second-order valence-electron chi connectivity index (χ2n) is 9.05. The Morgan fingerprint density at radius 1 is 0.600 bits per heavy atom. The van der Waals surface area contributed by atoms with Crippen molar-refractivity contribution in [2.75, 3.05) is 0 Å². The summed E-state index contributed by atoms with van der Waals surface area (Å²) in [6, 6.07) is 27.5. The van der Waals surface area contributed by atoms with Gasteiger partial charge in [0.1, 0.15) is 0 Å². The van der Waals surface area contributed by atoms with Crippen molar-refractivity contribution in [1.82, 2.24) is 0 Å². The summed E-state index contributed by atoms with van der Waals surface area (Å²) in [6.07, 6.45) is 9.42. The molecule has 30 heavy (non-hydrogen) atoms. The van der Waals surface area contributed by atoms with Gasteiger partial charge in [0.05, 0.1) is 0 Å². The van der Waals surface area contributed by atoms with Gasteiger partial charge in [0, 0.05) is 0 Å². The standard InChI is InChI=1S/C30H34/c1-3-24-8-10-26(11-9-24)21-28-16-18-30(19-17-28)22-29-14-12-27(13-15-29)20-25-6-4-23(2)5-7-25/h8-19,25H,2-7,20-22H2,1H3. The molecule has 0 bridgehead atoms. The first-order valence-corrected chi connectivity index (χ1v) is 11.6. The Bertz CT molecular complexity index is 932. The molecule has 1 saturated carbocycles. The number of hydrogen-bond acceptors (Lipinski definition) is 0. The average Bonchev–Trinajstić information content (AvgIpc) is 2.78. The molecule has 0 aliphatic heterocycles. The van der Waals surface area contributed by atoms with Gasteiger partial charge in [0.25, 0.3) is 0 Å².